The zero-order valence-electron chi connectivity index (χ0n) is 14.3. The fourth-order valence-corrected chi connectivity index (χ4v) is 2.53. The number of nitrogens with one attached hydrogen (secondary N) is 2. The highest BCUT2D eigenvalue weighted by Gasteiger charge is 2.22. The third kappa shape index (κ3) is 5.49. The molecule has 1 atom stereocenters. The topological polar surface area (TPSA) is 81.9 Å². The molecule has 0 aliphatic carbocycles. The molecular formula is C17H25N5O2. The molecule has 0 bridgehead atoms. The van der Waals surface area contributed by atoms with Crippen LogP contribution in [-0.4, -0.2) is 63.5 Å². The first-order valence-electron chi connectivity index (χ1n) is 8.09. The molecule has 130 valence electrons. The molecule has 1 aliphatic rings. The van der Waals surface area contributed by atoms with Gasteiger partial charge in [-0.15, -0.1) is 0 Å². The van der Waals surface area contributed by atoms with Gasteiger partial charge >= 0.3 is 0 Å². The van der Waals surface area contributed by atoms with Gasteiger partial charge in [-0.2, -0.15) is 5.26 Å². The summed E-state index contributed by atoms with van der Waals surface area (Å²) in [5.74, 6) is 0.579. The number of piperazine rings is 1. The van der Waals surface area contributed by atoms with Crippen LogP contribution in [0.5, 0.6) is 0 Å². The minimum absolute atomic E-state index is 0.193. The Morgan fingerprint density at radius 1 is 1.46 bits per heavy atom. The maximum absolute atomic E-state index is 9.06. The molecule has 0 spiro atoms. The van der Waals surface area contributed by atoms with E-state index in [-0.39, 0.29) is 6.04 Å². The minimum Gasteiger partial charge on any atom is -0.382 e. The number of aliphatic imine (C=N–C) groups is 1. The van der Waals surface area contributed by atoms with E-state index in [1.165, 1.54) is 0 Å². The average molecular weight is 331 g/mol. The van der Waals surface area contributed by atoms with Crippen molar-refractivity contribution in [3.05, 3.63) is 29.8 Å². The van der Waals surface area contributed by atoms with Gasteiger partial charge in [0.15, 0.2) is 6.19 Å². The van der Waals surface area contributed by atoms with Crippen LogP contribution in [0.25, 0.3) is 0 Å². The Morgan fingerprint density at radius 3 is 3.04 bits per heavy atom. The minimum atomic E-state index is 0.193. The fourth-order valence-electron chi connectivity index (χ4n) is 2.53. The lowest BCUT2D eigenvalue weighted by Gasteiger charge is -2.34. The molecule has 7 nitrogen and oxygen atoms in total. The molecule has 1 fully saturated rings. The lowest BCUT2D eigenvalue weighted by Crippen LogP contribution is -2.56. The first-order valence-corrected chi connectivity index (χ1v) is 8.09. The van der Waals surface area contributed by atoms with Crippen LogP contribution in [0.15, 0.2) is 29.3 Å². The van der Waals surface area contributed by atoms with Gasteiger partial charge in [0.2, 0.25) is 5.96 Å². The molecule has 1 aromatic rings. The van der Waals surface area contributed by atoms with Crippen molar-refractivity contribution in [2.45, 2.75) is 13.0 Å². The Morgan fingerprint density at radius 2 is 2.29 bits per heavy atom. The number of hydrogen-bond acceptors (Lipinski definition) is 5. The number of aryl methyl sites for hydroxylation is 1. The quantitative estimate of drug-likeness (QED) is 0.266. The third-order valence-electron chi connectivity index (χ3n) is 3.82. The number of nitriles is 1. The van der Waals surface area contributed by atoms with Gasteiger partial charge in [0.25, 0.3) is 0 Å². The summed E-state index contributed by atoms with van der Waals surface area (Å²) in [5, 5.41) is 15.2. The molecule has 2 N–H and O–H groups in total. The van der Waals surface area contributed by atoms with Gasteiger partial charge in [0.1, 0.15) is 0 Å². The van der Waals surface area contributed by atoms with Crippen molar-refractivity contribution in [3.8, 4) is 6.19 Å². The molecule has 0 amide bonds. The summed E-state index contributed by atoms with van der Waals surface area (Å²) in [6.45, 7) is 6.11. The second kappa shape index (κ2) is 9.88. The summed E-state index contributed by atoms with van der Waals surface area (Å²) >= 11 is 0. The van der Waals surface area contributed by atoms with Crippen LogP contribution in [0.1, 0.15) is 5.56 Å². The molecular weight excluding hydrogens is 306 g/mol. The van der Waals surface area contributed by atoms with E-state index in [0.717, 1.165) is 30.9 Å². The van der Waals surface area contributed by atoms with Crippen LogP contribution in [0, 0.1) is 18.4 Å². The third-order valence-corrected chi connectivity index (χ3v) is 3.82. The van der Waals surface area contributed by atoms with Crippen LogP contribution >= 0.6 is 0 Å². The largest absolute Gasteiger partial charge is 0.382 e. The predicted octanol–water partition coefficient (Wildman–Crippen LogP) is 0.990. The van der Waals surface area contributed by atoms with Crippen LogP contribution < -0.4 is 10.6 Å². The maximum atomic E-state index is 9.06. The number of rotatable bonds is 6. The van der Waals surface area contributed by atoms with E-state index in [1.54, 1.807) is 7.11 Å². The summed E-state index contributed by atoms with van der Waals surface area (Å²) in [5.41, 5.74) is 1.94. The highest BCUT2D eigenvalue weighted by atomic mass is 16.5. The van der Waals surface area contributed by atoms with Crippen LogP contribution in [0.2, 0.25) is 0 Å². The summed E-state index contributed by atoms with van der Waals surface area (Å²) < 4.78 is 10.6. The van der Waals surface area contributed by atoms with Crippen molar-refractivity contribution in [3.63, 3.8) is 0 Å². The van der Waals surface area contributed by atoms with E-state index in [1.807, 2.05) is 37.4 Å². The van der Waals surface area contributed by atoms with Crippen molar-refractivity contribution in [1.82, 2.24) is 15.5 Å². The molecule has 1 heterocycles. The van der Waals surface area contributed by atoms with Gasteiger partial charge in [0.05, 0.1) is 25.5 Å². The van der Waals surface area contributed by atoms with Gasteiger partial charge in [-0.1, -0.05) is 18.2 Å². The summed E-state index contributed by atoms with van der Waals surface area (Å²) in [6, 6.07) is 8.07. The number of methoxy groups -OCH3 is 1. The van der Waals surface area contributed by atoms with E-state index >= 15 is 0 Å². The van der Waals surface area contributed by atoms with Gasteiger partial charge < -0.3 is 19.7 Å². The fraction of sp³-hybridized carbons (Fsp3) is 0.529. The van der Waals surface area contributed by atoms with E-state index in [0.29, 0.717) is 25.8 Å². The molecule has 1 unspecified atom stereocenters. The number of nitrogens with zero attached hydrogens (tertiary/aromatic N) is 3. The normalized spacial score (nSPS) is 18.3. The van der Waals surface area contributed by atoms with Crippen LogP contribution in [0.3, 0.4) is 0 Å². The smallest absolute Gasteiger partial charge is 0.212 e. The molecule has 7 heteroatoms. The van der Waals surface area contributed by atoms with Crippen LogP contribution in [0.4, 0.5) is 5.69 Å². The monoisotopic (exact) mass is 331 g/mol. The second-order valence-corrected chi connectivity index (χ2v) is 5.62. The number of guanidine groups is 1. The summed E-state index contributed by atoms with van der Waals surface area (Å²) in [4.78, 5) is 6.72. The Bertz CT molecular complexity index is 585. The molecule has 0 radical (unpaired) electrons. The van der Waals surface area contributed by atoms with Crippen LogP contribution in [-0.2, 0) is 9.47 Å². The lowest BCUT2D eigenvalue weighted by molar-refractivity contribution is 0.0510. The molecule has 0 aromatic heterocycles. The molecule has 2 rings (SSSR count). The SMILES string of the molecule is COCCOCC1CN(C(=Nc2ccccc2C)NC#N)CCN1. The first-order chi connectivity index (χ1) is 11.7. The number of ether oxygens (including phenoxy) is 2. The summed E-state index contributed by atoms with van der Waals surface area (Å²) in [6.07, 6.45) is 1.99. The Labute approximate surface area is 143 Å². The zero-order chi connectivity index (χ0) is 17.2. The van der Waals surface area contributed by atoms with Gasteiger partial charge in [0, 0.05) is 32.8 Å². The van der Waals surface area contributed by atoms with Crippen molar-refractivity contribution < 1.29 is 9.47 Å². The van der Waals surface area contributed by atoms with Crippen molar-refractivity contribution >= 4 is 11.6 Å². The Hall–Kier alpha value is -2.14. The van der Waals surface area contributed by atoms with E-state index in [2.05, 4.69) is 20.5 Å². The lowest BCUT2D eigenvalue weighted by atomic mass is 10.2. The molecule has 1 aromatic carbocycles. The maximum Gasteiger partial charge on any atom is 0.212 e. The van der Waals surface area contributed by atoms with Crippen molar-refractivity contribution in [2.24, 2.45) is 4.99 Å². The highest BCUT2D eigenvalue weighted by Crippen LogP contribution is 2.18. The standard InChI is InChI=1S/C17H25N5O2/c1-14-5-3-4-6-16(14)21-17(20-13-18)22-8-7-19-15(11-22)12-24-10-9-23-2/h3-6,15,19H,7-12H2,1-2H3,(H,20,21). The predicted molar refractivity (Wildman–Crippen MR) is 93.1 cm³/mol. The Kier molecular flexibility index (Phi) is 7.49. The first kappa shape index (κ1) is 18.2. The molecule has 1 aliphatic heterocycles. The van der Waals surface area contributed by atoms with E-state index in [9.17, 15) is 0 Å². The van der Waals surface area contributed by atoms with Gasteiger partial charge in [-0.3, -0.25) is 5.32 Å². The van der Waals surface area contributed by atoms with E-state index in [4.69, 9.17) is 14.7 Å². The average Bonchev–Trinajstić information content (AvgIpc) is 2.60. The number of hydrogen-bond donors (Lipinski definition) is 2. The van der Waals surface area contributed by atoms with Crippen molar-refractivity contribution in [2.75, 3.05) is 46.6 Å². The number of benzene rings is 1. The molecule has 1 saturated heterocycles. The van der Waals surface area contributed by atoms with Gasteiger partial charge in [-0.25, -0.2) is 4.99 Å². The second-order valence-electron chi connectivity index (χ2n) is 5.62. The summed E-state index contributed by atoms with van der Waals surface area (Å²) in [7, 11) is 1.66. The molecule has 0 saturated carbocycles. The van der Waals surface area contributed by atoms with Gasteiger partial charge in [-0.05, 0) is 18.6 Å². The zero-order valence-corrected chi connectivity index (χ0v) is 14.3. The Balaban J connectivity index is 2.02. The van der Waals surface area contributed by atoms with E-state index < -0.39 is 0 Å². The number of para-hydroxylation sites is 1. The molecule has 24 heavy (non-hydrogen) atoms. The van der Waals surface area contributed by atoms with Crippen molar-refractivity contribution in [1.29, 1.82) is 5.26 Å². The highest BCUT2D eigenvalue weighted by molar-refractivity contribution is 5.84.